The van der Waals surface area contributed by atoms with Crippen molar-refractivity contribution in [3.05, 3.63) is 41.5 Å². The zero-order valence-electron chi connectivity index (χ0n) is 15.9. The molecule has 0 aromatic heterocycles. The Morgan fingerprint density at radius 2 is 1.79 bits per heavy atom. The second-order valence-electron chi connectivity index (χ2n) is 6.73. The summed E-state index contributed by atoms with van der Waals surface area (Å²) >= 11 is 0. The van der Waals surface area contributed by atoms with Gasteiger partial charge in [-0.1, -0.05) is 12.1 Å². The molecular formula is C20H23N5O4. The molecule has 1 aliphatic rings. The van der Waals surface area contributed by atoms with Crippen molar-refractivity contribution >= 4 is 40.2 Å². The highest BCUT2D eigenvalue weighted by Gasteiger charge is 2.32. The summed E-state index contributed by atoms with van der Waals surface area (Å²) < 4.78 is 0. The minimum absolute atomic E-state index is 0.0523. The molecule has 9 nitrogen and oxygen atoms in total. The van der Waals surface area contributed by atoms with Crippen LogP contribution in [0.1, 0.15) is 40.0 Å². The quantitative estimate of drug-likeness (QED) is 0.216. The van der Waals surface area contributed by atoms with Crippen LogP contribution in [0.4, 0.5) is 5.69 Å². The van der Waals surface area contributed by atoms with Crippen molar-refractivity contribution in [2.45, 2.75) is 19.3 Å². The molecule has 1 aliphatic heterocycles. The minimum atomic E-state index is -0.958. The molecule has 2 aromatic carbocycles. The van der Waals surface area contributed by atoms with E-state index in [9.17, 15) is 14.4 Å². The third kappa shape index (κ3) is 4.29. The topological polar surface area (TPSA) is 151 Å². The molecule has 152 valence electrons. The Labute approximate surface area is 167 Å². The fourth-order valence-electron chi connectivity index (χ4n) is 3.40. The number of hydrogen-bond donors (Lipinski definition) is 4. The van der Waals surface area contributed by atoms with E-state index in [1.165, 1.54) is 0 Å². The number of nitrogens with zero attached hydrogens (tertiary/aromatic N) is 2. The smallest absolute Gasteiger partial charge is 0.303 e. The van der Waals surface area contributed by atoms with Gasteiger partial charge in [-0.25, -0.2) is 0 Å². The molecule has 0 radical (unpaired) electrons. The summed E-state index contributed by atoms with van der Waals surface area (Å²) in [7, 11) is 0. The predicted molar refractivity (Wildman–Crippen MR) is 110 cm³/mol. The maximum absolute atomic E-state index is 12.9. The average molecular weight is 397 g/mol. The molecule has 29 heavy (non-hydrogen) atoms. The SMILES string of the molecule is NC(N)=NCCCNc1ccc2c3c(cccc13)C(=O)N(CCCC(=O)O)C2=O. The van der Waals surface area contributed by atoms with Gasteiger partial charge in [-0.05, 0) is 31.0 Å². The number of guanidine groups is 1. The van der Waals surface area contributed by atoms with Gasteiger partial charge in [-0.3, -0.25) is 24.3 Å². The molecule has 0 aliphatic carbocycles. The second kappa shape index (κ2) is 8.59. The normalized spacial score (nSPS) is 12.9. The van der Waals surface area contributed by atoms with E-state index in [0.717, 1.165) is 22.4 Å². The highest BCUT2D eigenvalue weighted by atomic mass is 16.4. The fraction of sp³-hybridized carbons (Fsp3) is 0.300. The van der Waals surface area contributed by atoms with E-state index in [2.05, 4.69) is 10.3 Å². The number of nitrogens with two attached hydrogens (primary N) is 2. The van der Waals surface area contributed by atoms with Crippen LogP contribution in [0.3, 0.4) is 0 Å². The van der Waals surface area contributed by atoms with Crippen LogP contribution >= 0.6 is 0 Å². The number of carboxylic acids is 1. The van der Waals surface area contributed by atoms with Gasteiger partial charge in [0.05, 0.1) is 0 Å². The number of carboxylic acid groups (broad SMARTS) is 1. The zero-order valence-corrected chi connectivity index (χ0v) is 15.9. The summed E-state index contributed by atoms with van der Waals surface area (Å²) in [5, 5.41) is 13.5. The van der Waals surface area contributed by atoms with Crippen LogP contribution in [0.25, 0.3) is 10.8 Å². The lowest BCUT2D eigenvalue weighted by Crippen LogP contribution is -2.41. The first-order valence-electron chi connectivity index (χ1n) is 9.33. The Kier molecular flexibility index (Phi) is 5.96. The van der Waals surface area contributed by atoms with Crippen LogP contribution in [0.5, 0.6) is 0 Å². The summed E-state index contributed by atoms with van der Waals surface area (Å²) in [6, 6.07) is 8.83. The number of carbonyl (C=O) groups excluding carboxylic acids is 2. The highest BCUT2D eigenvalue weighted by molar-refractivity contribution is 6.26. The number of imide groups is 1. The van der Waals surface area contributed by atoms with E-state index < -0.39 is 17.8 Å². The lowest BCUT2D eigenvalue weighted by atomic mass is 9.93. The first-order valence-corrected chi connectivity index (χ1v) is 9.33. The predicted octanol–water partition coefficient (Wildman–Crippen LogP) is 1.38. The van der Waals surface area contributed by atoms with Gasteiger partial charge in [0.1, 0.15) is 0 Å². The number of aliphatic carboxylic acids is 1. The number of anilines is 1. The van der Waals surface area contributed by atoms with E-state index in [0.29, 0.717) is 29.6 Å². The Bertz CT molecular complexity index is 976. The van der Waals surface area contributed by atoms with Crippen molar-refractivity contribution in [2.24, 2.45) is 16.5 Å². The van der Waals surface area contributed by atoms with Crippen LogP contribution < -0.4 is 16.8 Å². The molecule has 0 atom stereocenters. The standard InChI is InChI=1S/C20H23N5O4/c21-20(22)24-10-3-9-23-15-8-7-14-17-12(15)4-1-5-13(17)18(28)25(19(14)29)11-2-6-16(26)27/h1,4-5,7-8,23H,2-3,6,9-11H2,(H,26,27)(H4,21,22,24). The van der Waals surface area contributed by atoms with E-state index in [1.807, 2.05) is 12.1 Å². The molecule has 1 heterocycles. The monoisotopic (exact) mass is 397 g/mol. The van der Waals surface area contributed by atoms with Gasteiger partial charge in [0.2, 0.25) is 0 Å². The zero-order chi connectivity index (χ0) is 21.0. The first-order chi connectivity index (χ1) is 13.9. The summed E-state index contributed by atoms with van der Waals surface area (Å²) in [6.45, 7) is 1.20. The Morgan fingerprint density at radius 1 is 1.07 bits per heavy atom. The number of rotatable bonds is 9. The van der Waals surface area contributed by atoms with Crippen LogP contribution in [-0.4, -0.2) is 53.4 Å². The number of nitrogens with one attached hydrogen (secondary N) is 1. The van der Waals surface area contributed by atoms with E-state index in [-0.39, 0.29) is 25.3 Å². The maximum atomic E-state index is 12.9. The largest absolute Gasteiger partial charge is 0.481 e. The molecule has 9 heteroatoms. The van der Waals surface area contributed by atoms with E-state index >= 15 is 0 Å². The molecule has 6 N–H and O–H groups in total. The van der Waals surface area contributed by atoms with Gasteiger partial charge in [-0.15, -0.1) is 0 Å². The summed E-state index contributed by atoms with van der Waals surface area (Å²) in [6.07, 6.45) is 0.834. The van der Waals surface area contributed by atoms with E-state index in [4.69, 9.17) is 16.6 Å². The Morgan fingerprint density at radius 3 is 2.48 bits per heavy atom. The van der Waals surface area contributed by atoms with Crippen LogP contribution in [-0.2, 0) is 4.79 Å². The van der Waals surface area contributed by atoms with Crippen LogP contribution in [0, 0.1) is 0 Å². The molecule has 0 saturated heterocycles. The van der Waals surface area contributed by atoms with E-state index in [1.54, 1.807) is 18.2 Å². The molecular weight excluding hydrogens is 374 g/mol. The van der Waals surface area contributed by atoms with Gasteiger partial charge in [0.15, 0.2) is 5.96 Å². The van der Waals surface area contributed by atoms with Gasteiger partial charge in [-0.2, -0.15) is 0 Å². The van der Waals surface area contributed by atoms with Crippen molar-refractivity contribution in [2.75, 3.05) is 25.0 Å². The van der Waals surface area contributed by atoms with Crippen molar-refractivity contribution in [1.29, 1.82) is 0 Å². The number of carbonyl (C=O) groups is 3. The minimum Gasteiger partial charge on any atom is -0.481 e. The van der Waals surface area contributed by atoms with Gasteiger partial charge in [0.25, 0.3) is 11.8 Å². The molecule has 0 spiro atoms. The molecule has 3 rings (SSSR count). The number of amides is 2. The number of benzene rings is 2. The first kappa shape index (κ1) is 20.1. The third-order valence-electron chi connectivity index (χ3n) is 4.71. The number of aliphatic imine (C=N–C) groups is 1. The van der Waals surface area contributed by atoms with Gasteiger partial charge in [0, 0.05) is 53.6 Å². The van der Waals surface area contributed by atoms with Crippen molar-refractivity contribution in [3.8, 4) is 0 Å². The molecule has 0 bridgehead atoms. The second-order valence-corrected chi connectivity index (χ2v) is 6.73. The van der Waals surface area contributed by atoms with Crippen LogP contribution in [0.2, 0.25) is 0 Å². The third-order valence-corrected chi connectivity index (χ3v) is 4.71. The lowest BCUT2D eigenvalue weighted by Gasteiger charge is -2.27. The summed E-state index contributed by atoms with van der Waals surface area (Å²) in [5.74, 6) is -1.71. The summed E-state index contributed by atoms with van der Waals surface area (Å²) in [5.41, 5.74) is 12.3. The molecule has 2 aromatic rings. The summed E-state index contributed by atoms with van der Waals surface area (Å²) in [4.78, 5) is 41.5. The van der Waals surface area contributed by atoms with Crippen molar-refractivity contribution in [3.63, 3.8) is 0 Å². The highest BCUT2D eigenvalue weighted by Crippen LogP contribution is 2.34. The van der Waals surface area contributed by atoms with Gasteiger partial charge >= 0.3 is 5.97 Å². The molecule has 0 unspecified atom stereocenters. The Hall–Kier alpha value is -3.62. The Balaban J connectivity index is 1.84. The fourth-order valence-corrected chi connectivity index (χ4v) is 3.40. The number of hydrogen-bond acceptors (Lipinski definition) is 5. The van der Waals surface area contributed by atoms with Crippen molar-refractivity contribution in [1.82, 2.24) is 4.90 Å². The van der Waals surface area contributed by atoms with Crippen molar-refractivity contribution < 1.29 is 19.5 Å². The lowest BCUT2D eigenvalue weighted by molar-refractivity contribution is -0.137. The molecule has 0 saturated carbocycles. The molecule has 2 amide bonds. The molecule has 0 fully saturated rings. The maximum Gasteiger partial charge on any atom is 0.303 e. The van der Waals surface area contributed by atoms with Gasteiger partial charge < -0.3 is 21.9 Å². The van der Waals surface area contributed by atoms with Crippen LogP contribution in [0.15, 0.2) is 35.3 Å². The average Bonchev–Trinajstić information content (AvgIpc) is 2.68.